The van der Waals surface area contributed by atoms with E-state index in [-0.39, 0.29) is 0 Å². The second-order valence-corrected chi connectivity index (χ2v) is 2.26. The number of hydrogen-bond donors (Lipinski definition) is 1. The van der Waals surface area contributed by atoms with Crippen LogP contribution in [0.2, 0.25) is 0 Å². The Kier molecular flexibility index (Phi) is 2.70. The van der Waals surface area contributed by atoms with Crippen LogP contribution in [0.15, 0.2) is 12.5 Å². The molecule has 0 aromatic carbocycles. The maximum Gasteiger partial charge on any atom is 0.131 e. The molecular weight excluding hydrogens is 138 g/mol. The van der Waals surface area contributed by atoms with E-state index in [2.05, 4.69) is 22.1 Å². The Labute approximate surface area is 66.4 Å². The first-order valence-corrected chi connectivity index (χ1v) is 3.44. The van der Waals surface area contributed by atoms with Gasteiger partial charge in [0, 0.05) is 13.2 Å². The Balaban J connectivity index is 2.59. The summed E-state index contributed by atoms with van der Waals surface area (Å²) in [6.07, 6.45) is 3.63. The number of aromatic nitrogens is 2. The van der Waals surface area contributed by atoms with Crippen LogP contribution >= 0.6 is 0 Å². The normalized spacial score (nSPS) is 8.91. The maximum absolute atomic E-state index is 4.05. The molecule has 1 rings (SSSR count). The first-order chi connectivity index (χ1) is 5.33. The van der Waals surface area contributed by atoms with E-state index in [1.807, 2.05) is 24.9 Å². The van der Waals surface area contributed by atoms with E-state index in [0.29, 0.717) is 6.54 Å². The third-order valence-corrected chi connectivity index (χ3v) is 1.19. The molecule has 0 aliphatic heterocycles. The first-order valence-electron chi connectivity index (χ1n) is 3.44. The number of imidazole rings is 1. The fraction of sp³-hybridized carbons (Fsp3) is 0.375. The van der Waals surface area contributed by atoms with Crippen LogP contribution in [0.25, 0.3) is 0 Å². The number of aryl methyl sites for hydroxylation is 1. The molecule has 0 saturated carbocycles. The van der Waals surface area contributed by atoms with Gasteiger partial charge in [-0.15, -0.1) is 0 Å². The Bertz CT molecular complexity index is 277. The molecule has 0 bridgehead atoms. The summed E-state index contributed by atoms with van der Waals surface area (Å²) >= 11 is 0. The van der Waals surface area contributed by atoms with Crippen molar-refractivity contribution in [1.29, 1.82) is 0 Å². The fourth-order valence-corrected chi connectivity index (χ4v) is 0.701. The molecule has 3 heteroatoms. The average molecular weight is 149 g/mol. The summed E-state index contributed by atoms with van der Waals surface area (Å²) in [6.45, 7) is 0.705. The molecule has 1 N–H and O–H groups in total. The summed E-state index contributed by atoms with van der Waals surface area (Å²) in [7, 11) is 3.79. The summed E-state index contributed by atoms with van der Waals surface area (Å²) in [5.74, 6) is 5.85. The molecule has 0 spiro atoms. The molecule has 0 fully saturated rings. The SMILES string of the molecule is CNCC#Cc1cn(C)cn1. The van der Waals surface area contributed by atoms with Crippen LogP contribution in [0.4, 0.5) is 0 Å². The van der Waals surface area contributed by atoms with Gasteiger partial charge in [0.1, 0.15) is 5.69 Å². The Morgan fingerprint density at radius 2 is 2.55 bits per heavy atom. The molecule has 1 aromatic rings. The molecule has 58 valence electrons. The van der Waals surface area contributed by atoms with Crippen LogP contribution < -0.4 is 5.32 Å². The summed E-state index contributed by atoms with van der Waals surface area (Å²) in [6, 6.07) is 0. The highest BCUT2D eigenvalue weighted by molar-refractivity contribution is 5.25. The topological polar surface area (TPSA) is 29.9 Å². The molecule has 0 unspecified atom stereocenters. The van der Waals surface area contributed by atoms with Crippen LogP contribution in [0, 0.1) is 11.8 Å². The lowest BCUT2D eigenvalue weighted by Crippen LogP contribution is -2.04. The van der Waals surface area contributed by atoms with E-state index in [9.17, 15) is 0 Å². The van der Waals surface area contributed by atoms with Gasteiger partial charge in [-0.25, -0.2) is 4.98 Å². The molecule has 0 aliphatic rings. The van der Waals surface area contributed by atoms with Gasteiger partial charge in [-0.1, -0.05) is 5.92 Å². The summed E-state index contributed by atoms with van der Waals surface area (Å²) in [5.41, 5.74) is 0.822. The quantitative estimate of drug-likeness (QED) is 0.569. The first kappa shape index (κ1) is 7.83. The molecular formula is C8H11N3. The van der Waals surface area contributed by atoms with Crippen LogP contribution in [0.5, 0.6) is 0 Å². The average Bonchev–Trinajstić information content (AvgIpc) is 2.37. The predicted octanol–water partition coefficient (Wildman–Crippen LogP) is -0.00900. The lowest BCUT2D eigenvalue weighted by molar-refractivity contribution is 0.913. The van der Waals surface area contributed by atoms with Crippen molar-refractivity contribution in [3.63, 3.8) is 0 Å². The molecule has 0 amide bonds. The van der Waals surface area contributed by atoms with E-state index >= 15 is 0 Å². The molecule has 0 saturated heterocycles. The fourth-order valence-electron chi connectivity index (χ4n) is 0.701. The zero-order valence-corrected chi connectivity index (χ0v) is 6.76. The van der Waals surface area contributed by atoms with Crippen molar-refractivity contribution >= 4 is 0 Å². The van der Waals surface area contributed by atoms with E-state index in [0.717, 1.165) is 5.69 Å². The van der Waals surface area contributed by atoms with Crippen molar-refractivity contribution in [2.24, 2.45) is 7.05 Å². The molecule has 1 heterocycles. The number of rotatable bonds is 1. The zero-order valence-electron chi connectivity index (χ0n) is 6.76. The lowest BCUT2D eigenvalue weighted by atomic mass is 10.4. The van der Waals surface area contributed by atoms with Gasteiger partial charge in [0.15, 0.2) is 0 Å². The van der Waals surface area contributed by atoms with Crippen LogP contribution in [0.1, 0.15) is 5.69 Å². The highest BCUT2D eigenvalue weighted by Crippen LogP contribution is 1.88. The number of nitrogens with one attached hydrogen (secondary N) is 1. The van der Waals surface area contributed by atoms with Crippen LogP contribution in [-0.2, 0) is 7.05 Å². The van der Waals surface area contributed by atoms with E-state index < -0.39 is 0 Å². The number of hydrogen-bond acceptors (Lipinski definition) is 2. The Morgan fingerprint density at radius 3 is 3.09 bits per heavy atom. The molecule has 3 nitrogen and oxygen atoms in total. The minimum atomic E-state index is 0.705. The minimum absolute atomic E-state index is 0.705. The summed E-state index contributed by atoms with van der Waals surface area (Å²) in [4.78, 5) is 4.05. The lowest BCUT2D eigenvalue weighted by Gasteiger charge is -1.81. The second kappa shape index (κ2) is 3.79. The summed E-state index contributed by atoms with van der Waals surface area (Å²) in [5, 5.41) is 2.94. The minimum Gasteiger partial charge on any atom is -0.339 e. The van der Waals surface area contributed by atoms with Crippen molar-refractivity contribution in [2.75, 3.05) is 13.6 Å². The van der Waals surface area contributed by atoms with Crippen LogP contribution in [-0.4, -0.2) is 23.1 Å². The smallest absolute Gasteiger partial charge is 0.131 e. The molecule has 0 atom stereocenters. The highest BCUT2D eigenvalue weighted by Gasteiger charge is 1.87. The van der Waals surface area contributed by atoms with Gasteiger partial charge in [-0.3, -0.25) is 0 Å². The van der Waals surface area contributed by atoms with Gasteiger partial charge < -0.3 is 9.88 Å². The molecule has 0 radical (unpaired) electrons. The molecule has 1 aromatic heterocycles. The van der Waals surface area contributed by atoms with Crippen LogP contribution in [0.3, 0.4) is 0 Å². The van der Waals surface area contributed by atoms with Crippen molar-refractivity contribution in [2.45, 2.75) is 0 Å². The Hall–Kier alpha value is -1.27. The van der Waals surface area contributed by atoms with E-state index in [4.69, 9.17) is 0 Å². The molecule has 0 aliphatic carbocycles. The van der Waals surface area contributed by atoms with Gasteiger partial charge in [0.25, 0.3) is 0 Å². The van der Waals surface area contributed by atoms with Gasteiger partial charge in [0.05, 0.1) is 12.9 Å². The Morgan fingerprint density at radius 1 is 1.73 bits per heavy atom. The van der Waals surface area contributed by atoms with Crippen molar-refractivity contribution < 1.29 is 0 Å². The van der Waals surface area contributed by atoms with Crippen molar-refractivity contribution in [1.82, 2.24) is 14.9 Å². The van der Waals surface area contributed by atoms with E-state index in [1.54, 1.807) is 6.33 Å². The summed E-state index contributed by atoms with van der Waals surface area (Å²) < 4.78 is 1.88. The van der Waals surface area contributed by atoms with E-state index in [1.165, 1.54) is 0 Å². The highest BCUT2D eigenvalue weighted by atomic mass is 15.0. The van der Waals surface area contributed by atoms with Crippen molar-refractivity contribution in [3.8, 4) is 11.8 Å². The van der Waals surface area contributed by atoms with Gasteiger partial charge >= 0.3 is 0 Å². The third-order valence-electron chi connectivity index (χ3n) is 1.19. The third kappa shape index (κ3) is 2.44. The van der Waals surface area contributed by atoms with Gasteiger partial charge in [-0.05, 0) is 13.0 Å². The standard InChI is InChI=1S/C8H11N3/c1-9-5-3-4-8-6-11(2)7-10-8/h6-7,9H,5H2,1-2H3. The van der Waals surface area contributed by atoms with Gasteiger partial charge in [0.2, 0.25) is 0 Å². The monoisotopic (exact) mass is 149 g/mol. The predicted molar refractivity (Wildman–Crippen MR) is 44.0 cm³/mol. The van der Waals surface area contributed by atoms with Gasteiger partial charge in [-0.2, -0.15) is 0 Å². The largest absolute Gasteiger partial charge is 0.339 e. The molecule has 11 heavy (non-hydrogen) atoms. The van der Waals surface area contributed by atoms with Crippen molar-refractivity contribution in [3.05, 3.63) is 18.2 Å². The number of nitrogens with zero attached hydrogens (tertiary/aromatic N) is 2. The second-order valence-electron chi connectivity index (χ2n) is 2.26. The maximum atomic E-state index is 4.05. The zero-order chi connectivity index (χ0) is 8.10.